The van der Waals surface area contributed by atoms with E-state index in [9.17, 15) is 0 Å². The molecule has 0 saturated carbocycles. The SMILES string of the molecule is c1n[nH]c2c1CCOC21CCN(C[C@@H]2[C@H]3CNC[C@]34CC[C@H]2O4)CC1. The van der Waals surface area contributed by atoms with Gasteiger partial charge in [-0.05, 0) is 37.7 Å². The molecule has 0 aromatic carbocycles. The third-order valence-electron chi connectivity index (χ3n) is 7.75. The normalized spacial score (nSPS) is 42.0. The Morgan fingerprint density at radius 3 is 3.12 bits per heavy atom. The number of hydrogen-bond donors (Lipinski definition) is 2. The van der Waals surface area contributed by atoms with Crippen molar-refractivity contribution < 1.29 is 9.47 Å². The molecule has 1 aromatic rings. The van der Waals surface area contributed by atoms with Crippen molar-refractivity contribution in [3.05, 3.63) is 17.5 Å². The highest BCUT2D eigenvalue weighted by molar-refractivity contribution is 5.26. The largest absolute Gasteiger partial charge is 0.370 e. The lowest BCUT2D eigenvalue weighted by molar-refractivity contribution is -0.103. The van der Waals surface area contributed by atoms with Crippen LogP contribution in [0.4, 0.5) is 0 Å². The van der Waals surface area contributed by atoms with Crippen molar-refractivity contribution in [1.82, 2.24) is 20.4 Å². The summed E-state index contributed by atoms with van der Waals surface area (Å²) in [5.74, 6) is 1.44. The van der Waals surface area contributed by atoms with Crippen LogP contribution in [0.2, 0.25) is 0 Å². The first-order chi connectivity index (χ1) is 12.3. The van der Waals surface area contributed by atoms with Gasteiger partial charge in [-0.3, -0.25) is 5.10 Å². The van der Waals surface area contributed by atoms with E-state index in [2.05, 4.69) is 20.4 Å². The molecule has 25 heavy (non-hydrogen) atoms. The quantitative estimate of drug-likeness (QED) is 0.839. The van der Waals surface area contributed by atoms with Crippen molar-refractivity contribution in [2.75, 3.05) is 39.3 Å². The molecule has 5 aliphatic rings. The Bertz CT molecular complexity index is 664. The number of nitrogens with one attached hydrogen (secondary N) is 2. The second kappa shape index (κ2) is 5.28. The van der Waals surface area contributed by atoms with Crippen LogP contribution in [0.15, 0.2) is 6.20 Å². The third kappa shape index (κ3) is 2.08. The molecule has 6 heterocycles. The molecule has 4 fully saturated rings. The molecule has 6 rings (SSSR count). The number of fused-ring (bicyclic) bond motifs is 3. The fourth-order valence-electron chi connectivity index (χ4n) is 6.42. The van der Waals surface area contributed by atoms with E-state index >= 15 is 0 Å². The Morgan fingerprint density at radius 2 is 2.20 bits per heavy atom. The highest BCUT2D eigenvalue weighted by Gasteiger charge is 2.61. The molecular weight excluding hydrogens is 316 g/mol. The maximum absolute atomic E-state index is 6.46. The van der Waals surface area contributed by atoms with Crippen molar-refractivity contribution in [2.45, 2.75) is 49.4 Å². The average molecular weight is 344 g/mol. The lowest BCUT2D eigenvalue weighted by atomic mass is 9.73. The zero-order chi connectivity index (χ0) is 16.5. The molecular formula is C19H28N4O2. The molecule has 5 aliphatic heterocycles. The van der Waals surface area contributed by atoms with Crippen LogP contribution < -0.4 is 5.32 Å². The molecule has 4 saturated heterocycles. The molecule has 2 N–H and O–H groups in total. The first kappa shape index (κ1) is 15.1. The monoisotopic (exact) mass is 344 g/mol. The molecule has 1 aromatic heterocycles. The zero-order valence-corrected chi connectivity index (χ0v) is 14.8. The van der Waals surface area contributed by atoms with Crippen LogP contribution in [0.5, 0.6) is 0 Å². The third-order valence-corrected chi connectivity index (χ3v) is 7.75. The Labute approximate surface area is 148 Å². The smallest absolute Gasteiger partial charge is 0.112 e. The number of hydrogen-bond acceptors (Lipinski definition) is 5. The number of H-pyrrole nitrogens is 1. The first-order valence-corrected chi connectivity index (χ1v) is 10.1. The highest BCUT2D eigenvalue weighted by Crippen LogP contribution is 2.53. The van der Waals surface area contributed by atoms with E-state index in [1.54, 1.807) is 0 Å². The average Bonchev–Trinajstić information content (AvgIpc) is 3.39. The van der Waals surface area contributed by atoms with Crippen LogP contribution in [0.1, 0.15) is 36.9 Å². The van der Waals surface area contributed by atoms with Crippen LogP contribution in [0, 0.1) is 11.8 Å². The molecule has 0 aliphatic carbocycles. The molecule has 136 valence electrons. The standard InChI is InChI=1S/C19H28N4O2/c1-3-19-12-20-10-15(19)14(16(1)25-19)11-23-6-4-18(5-7-23)17-13(2-8-24-18)9-21-22-17/h9,14-16,20H,1-8,10-12H2,(H,21,22)/t14-,15-,16-,19-/m1/s1. The summed E-state index contributed by atoms with van der Waals surface area (Å²) in [6.45, 7) is 6.50. The second-order valence-electron chi connectivity index (χ2n) is 8.82. The maximum Gasteiger partial charge on any atom is 0.112 e. The van der Waals surface area contributed by atoms with E-state index in [1.165, 1.54) is 30.6 Å². The van der Waals surface area contributed by atoms with Gasteiger partial charge in [0, 0.05) is 44.6 Å². The summed E-state index contributed by atoms with van der Waals surface area (Å²) >= 11 is 0. The molecule has 0 unspecified atom stereocenters. The second-order valence-corrected chi connectivity index (χ2v) is 8.82. The summed E-state index contributed by atoms with van der Waals surface area (Å²) in [6.07, 6.45) is 8.18. The molecule has 2 spiro atoms. The van der Waals surface area contributed by atoms with Crippen molar-refractivity contribution in [3.63, 3.8) is 0 Å². The van der Waals surface area contributed by atoms with Gasteiger partial charge >= 0.3 is 0 Å². The number of rotatable bonds is 2. The summed E-state index contributed by atoms with van der Waals surface area (Å²) in [4.78, 5) is 2.67. The molecule has 6 heteroatoms. The fourth-order valence-corrected chi connectivity index (χ4v) is 6.42. The minimum atomic E-state index is -0.109. The Balaban J connectivity index is 1.15. The molecule has 4 atom stereocenters. The number of likely N-dealkylation sites (tertiary alicyclic amines) is 1. The summed E-state index contributed by atoms with van der Waals surface area (Å²) in [6, 6.07) is 0. The Kier molecular flexibility index (Phi) is 3.20. The summed E-state index contributed by atoms with van der Waals surface area (Å²) < 4.78 is 12.8. The first-order valence-electron chi connectivity index (χ1n) is 10.1. The van der Waals surface area contributed by atoms with Crippen LogP contribution in [0.25, 0.3) is 0 Å². The van der Waals surface area contributed by atoms with Gasteiger partial charge in [-0.1, -0.05) is 0 Å². The van der Waals surface area contributed by atoms with E-state index in [1.807, 2.05) is 6.20 Å². The molecule has 0 amide bonds. The lowest BCUT2D eigenvalue weighted by Crippen LogP contribution is -2.49. The van der Waals surface area contributed by atoms with E-state index in [0.29, 0.717) is 12.0 Å². The van der Waals surface area contributed by atoms with Crippen molar-refractivity contribution in [3.8, 4) is 0 Å². The molecule has 6 nitrogen and oxygen atoms in total. The van der Waals surface area contributed by atoms with Crippen molar-refractivity contribution in [2.24, 2.45) is 11.8 Å². The van der Waals surface area contributed by atoms with Gasteiger partial charge in [0.15, 0.2) is 0 Å². The number of nitrogens with zero attached hydrogens (tertiary/aromatic N) is 2. The number of ether oxygens (including phenoxy) is 2. The number of aromatic nitrogens is 2. The summed E-state index contributed by atoms with van der Waals surface area (Å²) in [7, 11) is 0. The maximum atomic E-state index is 6.46. The van der Waals surface area contributed by atoms with Gasteiger partial charge in [0.2, 0.25) is 0 Å². The van der Waals surface area contributed by atoms with Crippen molar-refractivity contribution >= 4 is 0 Å². The number of piperidine rings is 1. The van der Waals surface area contributed by atoms with Crippen LogP contribution in [-0.2, 0) is 21.5 Å². The van der Waals surface area contributed by atoms with E-state index in [-0.39, 0.29) is 11.2 Å². The Morgan fingerprint density at radius 1 is 1.28 bits per heavy atom. The van der Waals surface area contributed by atoms with E-state index in [0.717, 1.165) is 58.0 Å². The minimum Gasteiger partial charge on any atom is -0.370 e. The minimum absolute atomic E-state index is 0.109. The zero-order valence-electron chi connectivity index (χ0n) is 14.8. The van der Waals surface area contributed by atoms with Crippen molar-refractivity contribution in [1.29, 1.82) is 0 Å². The van der Waals surface area contributed by atoms with Gasteiger partial charge in [0.25, 0.3) is 0 Å². The van der Waals surface area contributed by atoms with Gasteiger partial charge in [-0.15, -0.1) is 0 Å². The predicted octanol–water partition coefficient (Wildman–Crippen LogP) is 1.04. The predicted molar refractivity (Wildman–Crippen MR) is 92.3 cm³/mol. The van der Waals surface area contributed by atoms with Gasteiger partial charge in [-0.25, -0.2) is 0 Å². The van der Waals surface area contributed by atoms with Gasteiger partial charge < -0.3 is 19.7 Å². The topological polar surface area (TPSA) is 62.4 Å². The highest BCUT2D eigenvalue weighted by atomic mass is 16.5. The van der Waals surface area contributed by atoms with E-state index in [4.69, 9.17) is 9.47 Å². The van der Waals surface area contributed by atoms with Gasteiger partial charge in [0.1, 0.15) is 5.60 Å². The van der Waals surface area contributed by atoms with Gasteiger partial charge in [-0.2, -0.15) is 5.10 Å². The lowest BCUT2D eigenvalue weighted by Gasteiger charge is -2.44. The Hall–Kier alpha value is -0.950. The fraction of sp³-hybridized carbons (Fsp3) is 0.842. The molecule has 0 radical (unpaired) electrons. The van der Waals surface area contributed by atoms with E-state index < -0.39 is 0 Å². The number of aromatic amines is 1. The van der Waals surface area contributed by atoms with Crippen LogP contribution >= 0.6 is 0 Å². The summed E-state index contributed by atoms with van der Waals surface area (Å²) in [5, 5.41) is 11.1. The van der Waals surface area contributed by atoms with Crippen LogP contribution in [0.3, 0.4) is 0 Å². The molecule has 2 bridgehead atoms. The van der Waals surface area contributed by atoms with Gasteiger partial charge in [0.05, 0.1) is 30.2 Å². The van der Waals surface area contributed by atoms with Crippen LogP contribution in [-0.4, -0.2) is 66.1 Å². The summed E-state index contributed by atoms with van der Waals surface area (Å²) in [5.41, 5.74) is 2.69.